The van der Waals surface area contributed by atoms with Crippen molar-refractivity contribution in [2.24, 2.45) is 0 Å². The van der Waals surface area contributed by atoms with Gasteiger partial charge in [0, 0.05) is 13.1 Å². The van der Waals surface area contributed by atoms with Crippen LogP contribution in [-0.2, 0) is 17.8 Å². The number of rotatable bonds is 4. The molecule has 1 saturated heterocycles. The predicted octanol–water partition coefficient (Wildman–Crippen LogP) is 2.05. The molecule has 1 aromatic carbocycles. The maximum absolute atomic E-state index is 10.6. The summed E-state index contributed by atoms with van der Waals surface area (Å²) in [6, 6.07) is 7.78. The van der Waals surface area contributed by atoms with E-state index in [1.807, 2.05) is 31.2 Å². The molecule has 1 atom stereocenters. The number of carboxylic acids is 1. The first kappa shape index (κ1) is 15.0. The van der Waals surface area contributed by atoms with E-state index in [9.17, 15) is 9.90 Å². The number of hydrogen-bond donors (Lipinski definition) is 2. The van der Waals surface area contributed by atoms with Gasteiger partial charge in [0.15, 0.2) is 0 Å². The fraction of sp³-hybridized carbons (Fsp3) is 0.562. The van der Waals surface area contributed by atoms with Gasteiger partial charge in [-0.25, -0.2) is 0 Å². The van der Waals surface area contributed by atoms with E-state index in [2.05, 4.69) is 4.90 Å². The molecule has 1 aliphatic heterocycles. The van der Waals surface area contributed by atoms with E-state index in [1.54, 1.807) is 0 Å². The molecule has 0 bridgehead atoms. The molecule has 4 nitrogen and oxygen atoms in total. The minimum Gasteiger partial charge on any atom is -0.481 e. The van der Waals surface area contributed by atoms with Gasteiger partial charge in [-0.2, -0.15) is 0 Å². The van der Waals surface area contributed by atoms with Crippen molar-refractivity contribution in [2.75, 3.05) is 13.1 Å². The number of carboxylic acid groups (broad SMARTS) is 1. The zero-order valence-electron chi connectivity index (χ0n) is 12.0. The summed E-state index contributed by atoms with van der Waals surface area (Å²) < 4.78 is 0. The van der Waals surface area contributed by atoms with Gasteiger partial charge in [-0.1, -0.05) is 24.3 Å². The lowest BCUT2D eigenvalue weighted by Gasteiger charge is -2.22. The number of nitrogens with zero attached hydrogens (tertiary/aromatic N) is 1. The van der Waals surface area contributed by atoms with E-state index in [1.165, 1.54) is 5.56 Å². The molecule has 0 radical (unpaired) electrons. The van der Waals surface area contributed by atoms with Crippen molar-refractivity contribution in [3.63, 3.8) is 0 Å². The van der Waals surface area contributed by atoms with E-state index in [0.29, 0.717) is 0 Å². The number of carbonyl (C=O) groups is 1. The van der Waals surface area contributed by atoms with E-state index >= 15 is 0 Å². The SMILES string of the molecule is CC1(O)CCCN(Cc2ccc(CC(=O)O)cc2)CC1. The van der Waals surface area contributed by atoms with Crippen LogP contribution in [0.25, 0.3) is 0 Å². The first-order valence-electron chi connectivity index (χ1n) is 7.19. The summed E-state index contributed by atoms with van der Waals surface area (Å²) in [6.45, 7) is 4.69. The van der Waals surface area contributed by atoms with Gasteiger partial charge in [-0.3, -0.25) is 9.69 Å². The largest absolute Gasteiger partial charge is 0.481 e. The van der Waals surface area contributed by atoms with Crippen LogP contribution < -0.4 is 0 Å². The van der Waals surface area contributed by atoms with Crippen LogP contribution in [0.3, 0.4) is 0 Å². The lowest BCUT2D eigenvalue weighted by molar-refractivity contribution is -0.136. The van der Waals surface area contributed by atoms with E-state index < -0.39 is 11.6 Å². The zero-order chi connectivity index (χ0) is 14.6. The van der Waals surface area contributed by atoms with Crippen molar-refractivity contribution < 1.29 is 15.0 Å². The van der Waals surface area contributed by atoms with Crippen molar-refractivity contribution in [3.8, 4) is 0 Å². The van der Waals surface area contributed by atoms with Gasteiger partial charge >= 0.3 is 5.97 Å². The predicted molar refractivity (Wildman–Crippen MR) is 77.5 cm³/mol. The maximum atomic E-state index is 10.6. The standard InChI is InChI=1S/C16H23NO3/c1-16(20)7-2-9-17(10-8-16)12-14-5-3-13(4-6-14)11-15(18)19/h3-6,20H,2,7-12H2,1H3,(H,18,19). The molecule has 4 heteroatoms. The topological polar surface area (TPSA) is 60.8 Å². The normalized spacial score (nSPS) is 24.3. The lowest BCUT2D eigenvalue weighted by Crippen LogP contribution is -2.28. The summed E-state index contributed by atoms with van der Waals surface area (Å²) in [6.07, 6.45) is 2.77. The summed E-state index contributed by atoms with van der Waals surface area (Å²) in [5, 5.41) is 18.8. The summed E-state index contributed by atoms with van der Waals surface area (Å²) in [5.74, 6) is -0.799. The Kier molecular flexibility index (Phi) is 4.78. The van der Waals surface area contributed by atoms with E-state index in [-0.39, 0.29) is 6.42 Å². The Morgan fingerprint density at radius 2 is 1.85 bits per heavy atom. The maximum Gasteiger partial charge on any atom is 0.307 e. The van der Waals surface area contributed by atoms with E-state index in [4.69, 9.17) is 5.11 Å². The van der Waals surface area contributed by atoms with Crippen molar-refractivity contribution in [2.45, 2.75) is 44.8 Å². The third-order valence-corrected chi connectivity index (χ3v) is 3.94. The number of benzene rings is 1. The minimum absolute atomic E-state index is 0.0763. The van der Waals surface area contributed by atoms with Crippen LogP contribution in [0.5, 0.6) is 0 Å². The second-order valence-corrected chi connectivity index (χ2v) is 6.01. The average Bonchev–Trinajstić information content (AvgIpc) is 2.53. The molecule has 1 aromatic rings. The van der Waals surface area contributed by atoms with Crippen LogP contribution in [-0.4, -0.2) is 39.8 Å². The van der Waals surface area contributed by atoms with Gasteiger partial charge in [0.25, 0.3) is 0 Å². The highest BCUT2D eigenvalue weighted by atomic mass is 16.4. The highest BCUT2D eigenvalue weighted by Crippen LogP contribution is 2.22. The Morgan fingerprint density at radius 1 is 1.20 bits per heavy atom. The Balaban J connectivity index is 1.91. The summed E-state index contributed by atoms with van der Waals surface area (Å²) in [7, 11) is 0. The number of aliphatic hydroxyl groups is 1. The van der Waals surface area contributed by atoms with Crippen molar-refractivity contribution in [1.29, 1.82) is 0 Å². The Bertz CT molecular complexity index is 453. The average molecular weight is 277 g/mol. The number of aliphatic carboxylic acids is 1. The first-order chi connectivity index (χ1) is 9.44. The van der Waals surface area contributed by atoms with Crippen LogP contribution in [0.15, 0.2) is 24.3 Å². The van der Waals surface area contributed by atoms with Crippen LogP contribution in [0, 0.1) is 0 Å². The fourth-order valence-corrected chi connectivity index (χ4v) is 2.67. The van der Waals surface area contributed by atoms with Crippen LogP contribution >= 0.6 is 0 Å². The molecular formula is C16H23NO3. The first-order valence-corrected chi connectivity index (χ1v) is 7.19. The molecule has 1 fully saturated rings. The molecule has 110 valence electrons. The third kappa shape index (κ3) is 4.62. The molecule has 0 saturated carbocycles. The van der Waals surface area contributed by atoms with Crippen LogP contribution in [0.1, 0.15) is 37.3 Å². The lowest BCUT2D eigenvalue weighted by atomic mass is 9.98. The smallest absolute Gasteiger partial charge is 0.307 e. The van der Waals surface area contributed by atoms with Crippen molar-refractivity contribution in [1.82, 2.24) is 4.90 Å². The monoisotopic (exact) mass is 277 g/mol. The Hall–Kier alpha value is -1.39. The highest BCUT2D eigenvalue weighted by Gasteiger charge is 2.24. The highest BCUT2D eigenvalue weighted by molar-refractivity contribution is 5.70. The summed E-state index contributed by atoms with van der Waals surface area (Å²) in [5.41, 5.74) is 1.50. The van der Waals surface area contributed by atoms with Gasteiger partial charge in [0.05, 0.1) is 12.0 Å². The second-order valence-electron chi connectivity index (χ2n) is 6.01. The van der Waals surface area contributed by atoms with Gasteiger partial charge in [-0.15, -0.1) is 0 Å². The third-order valence-electron chi connectivity index (χ3n) is 3.94. The van der Waals surface area contributed by atoms with Gasteiger partial charge in [-0.05, 0) is 43.9 Å². The molecule has 2 N–H and O–H groups in total. The van der Waals surface area contributed by atoms with Crippen LogP contribution in [0.4, 0.5) is 0 Å². The summed E-state index contributed by atoms with van der Waals surface area (Å²) in [4.78, 5) is 13.0. The van der Waals surface area contributed by atoms with E-state index in [0.717, 1.165) is 44.5 Å². The molecule has 0 aromatic heterocycles. The molecular weight excluding hydrogens is 254 g/mol. The quantitative estimate of drug-likeness (QED) is 0.884. The summed E-state index contributed by atoms with van der Waals surface area (Å²) >= 11 is 0. The Labute approximate surface area is 120 Å². The van der Waals surface area contributed by atoms with Gasteiger partial charge in [0.1, 0.15) is 0 Å². The molecule has 0 spiro atoms. The van der Waals surface area contributed by atoms with Gasteiger partial charge < -0.3 is 10.2 Å². The zero-order valence-corrected chi connectivity index (χ0v) is 12.0. The number of likely N-dealkylation sites (tertiary alicyclic amines) is 1. The molecule has 20 heavy (non-hydrogen) atoms. The minimum atomic E-state index is -0.799. The molecule has 0 aliphatic carbocycles. The van der Waals surface area contributed by atoms with Crippen molar-refractivity contribution in [3.05, 3.63) is 35.4 Å². The fourth-order valence-electron chi connectivity index (χ4n) is 2.67. The van der Waals surface area contributed by atoms with Gasteiger partial charge in [0.2, 0.25) is 0 Å². The molecule has 1 unspecified atom stereocenters. The van der Waals surface area contributed by atoms with Crippen LogP contribution in [0.2, 0.25) is 0 Å². The molecule has 1 aliphatic rings. The second kappa shape index (κ2) is 6.37. The Morgan fingerprint density at radius 3 is 2.50 bits per heavy atom. The number of hydrogen-bond acceptors (Lipinski definition) is 3. The molecule has 1 heterocycles. The molecule has 2 rings (SSSR count). The van der Waals surface area contributed by atoms with Crippen molar-refractivity contribution >= 4 is 5.97 Å². The molecule has 0 amide bonds.